The van der Waals surface area contributed by atoms with Crippen molar-refractivity contribution in [2.45, 2.75) is 33.4 Å². The smallest absolute Gasteiger partial charge is 0.311 e. The quantitative estimate of drug-likeness (QED) is 0.368. The van der Waals surface area contributed by atoms with Crippen molar-refractivity contribution >= 4 is 11.6 Å². The monoisotopic (exact) mass is 419 g/mol. The molecule has 0 saturated carbocycles. The Bertz CT molecular complexity index is 1040. The molecule has 0 bridgehead atoms. The number of carbonyl (C=O) groups excluding carboxylic acids is 1. The number of ether oxygens (including phenoxy) is 1. The van der Waals surface area contributed by atoms with Gasteiger partial charge in [-0.25, -0.2) is 0 Å². The van der Waals surface area contributed by atoms with Crippen LogP contribution in [0, 0.1) is 10.1 Å². The zero-order valence-corrected chi connectivity index (χ0v) is 17.7. The fourth-order valence-electron chi connectivity index (χ4n) is 3.27. The SMILES string of the molecule is CCOc1ccc(C(=O)N(Cc2ccc(CC)cc2)Cc2cccnc2)cc1[N+](=O)[O-]. The molecule has 0 unspecified atom stereocenters. The molecule has 31 heavy (non-hydrogen) atoms. The highest BCUT2D eigenvalue weighted by atomic mass is 16.6. The zero-order valence-electron chi connectivity index (χ0n) is 17.7. The molecule has 0 aliphatic carbocycles. The number of amides is 1. The Morgan fingerprint density at radius 1 is 1.03 bits per heavy atom. The number of nitrogens with zero attached hydrogens (tertiary/aromatic N) is 3. The van der Waals surface area contributed by atoms with Gasteiger partial charge in [-0.3, -0.25) is 19.9 Å². The van der Waals surface area contributed by atoms with E-state index in [1.54, 1.807) is 30.3 Å². The van der Waals surface area contributed by atoms with Crippen LogP contribution in [0.3, 0.4) is 0 Å². The van der Waals surface area contributed by atoms with E-state index in [1.165, 1.54) is 17.7 Å². The van der Waals surface area contributed by atoms with Gasteiger partial charge in [0.05, 0.1) is 11.5 Å². The van der Waals surface area contributed by atoms with Crippen molar-refractivity contribution in [3.05, 3.63) is 99.4 Å². The lowest BCUT2D eigenvalue weighted by Crippen LogP contribution is -2.30. The molecule has 7 nitrogen and oxygen atoms in total. The van der Waals surface area contributed by atoms with Gasteiger partial charge in [-0.2, -0.15) is 0 Å². The van der Waals surface area contributed by atoms with Gasteiger partial charge in [0.1, 0.15) is 0 Å². The number of nitro benzene ring substituents is 1. The van der Waals surface area contributed by atoms with Crippen LogP contribution in [0.15, 0.2) is 67.0 Å². The third kappa shape index (κ3) is 5.66. The van der Waals surface area contributed by atoms with Crippen LogP contribution in [-0.4, -0.2) is 27.3 Å². The molecule has 0 spiro atoms. The summed E-state index contributed by atoms with van der Waals surface area (Å²) < 4.78 is 5.33. The molecule has 0 atom stereocenters. The summed E-state index contributed by atoms with van der Waals surface area (Å²) in [5.41, 5.74) is 3.10. The van der Waals surface area contributed by atoms with E-state index < -0.39 is 4.92 Å². The lowest BCUT2D eigenvalue weighted by Gasteiger charge is -2.23. The third-order valence-corrected chi connectivity index (χ3v) is 4.89. The second-order valence-electron chi connectivity index (χ2n) is 7.07. The summed E-state index contributed by atoms with van der Waals surface area (Å²) >= 11 is 0. The second kappa shape index (κ2) is 10.3. The third-order valence-electron chi connectivity index (χ3n) is 4.89. The molecule has 1 heterocycles. The summed E-state index contributed by atoms with van der Waals surface area (Å²) in [6.45, 7) is 4.85. The lowest BCUT2D eigenvalue weighted by molar-refractivity contribution is -0.385. The van der Waals surface area contributed by atoms with Crippen molar-refractivity contribution in [1.82, 2.24) is 9.88 Å². The van der Waals surface area contributed by atoms with Crippen molar-refractivity contribution in [3.8, 4) is 5.75 Å². The summed E-state index contributed by atoms with van der Waals surface area (Å²) in [6.07, 6.45) is 4.32. The number of nitro groups is 1. The van der Waals surface area contributed by atoms with E-state index in [9.17, 15) is 14.9 Å². The minimum absolute atomic E-state index is 0.151. The summed E-state index contributed by atoms with van der Waals surface area (Å²) in [6, 6.07) is 16.1. The number of rotatable bonds is 9. The van der Waals surface area contributed by atoms with Crippen LogP contribution in [0.1, 0.15) is 40.9 Å². The first-order chi connectivity index (χ1) is 15.0. The summed E-state index contributed by atoms with van der Waals surface area (Å²) in [7, 11) is 0. The summed E-state index contributed by atoms with van der Waals surface area (Å²) in [5.74, 6) is -0.146. The van der Waals surface area contributed by atoms with Gasteiger partial charge in [-0.05, 0) is 48.2 Å². The Kier molecular flexibility index (Phi) is 7.32. The molecule has 1 aromatic heterocycles. The first-order valence-electron chi connectivity index (χ1n) is 10.2. The molecular weight excluding hydrogens is 394 g/mol. The van der Waals surface area contributed by atoms with E-state index in [0.29, 0.717) is 19.7 Å². The van der Waals surface area contributed by atoms with Gasteiger partial charge < -0.3 is 9.64 Å². The van der Waals surface area contributed by atoms with Gasteiger partial charge in [0, 0.05) is 37.1 Å². The number of hydrogen-bond acceptors (Lipinski definition) is 5. The molecule has 1 amide bonds. The molecule has 0 aliphatic heterocycles. The highest BCUT2D eigenvalue weighted by Crippen LogP contribution is 2.29. The Labute approximate surface area is 181 Å². The number of pyridine rings is 1. The van der Waals surface area contributed by atoms with Crippen LogP contribution < -0.4 is 4.74 Å². The summed E-state index contributed by atoms with van der Waals surface area (Å²) in [5, 5.41) is 11.5. The fourth-order valence-corrected chi connectivity index (χ4v) is 3.27. The number of aryl methyl sites for hydroxylation is 1. The van der Waals surface area contributed by atoms with E-state index in [2.05, 4.69) is 11.9 Å². The maximum Gasteiger partial charge on any atom is 0.311 e. The lowest BCUT2D eigenvalue weighted by atomic mass is 10.1. The van der Waals surface area contributed by atoms with Gasteiger partial charge >= 0.3 is 5.69 Å². The molecule has 3 aromatic rings. The van der Waals surface area contributed by atoms with Crippen molar-refractivity contribution in [2.24, 2.45) is 0 Å². The van der Waals surface area contributed by atoms with Gasteiger partial charge in [-0.15, -0.1) is 0 Å². The molecule has 0 N–H and O–H groups in total. The first kappa shape index (κ1) is 22.0. The Morgan fingerprint density at radius 2 is 1.74 bits per heavy atom. The largest absolute Gasteiger partial charge is 0.487 e. The maximum absolute atomic E-state index is 13.4. The molecule has 160 valence electrons. The van der Waals surface area contributed by atoms with Crippen LogP contribution in [-0.2, 0) is 19.5 Å². The zero-order chi connectivity index (χ0) is 22.2. The molecule has 0 radical (unpaired) electrons. The summed E-state index contributed by atoms with van der Waals surface area (Å²) in [4.78, 5) is 30.1. The molecule has 0 fully saturated rings. The Balaban J connectivity index is 1.92. The second-order valence-corrected chi connectivity index (χ2v) is 7.07. The molecule has 0 aliphatic rings. The maximum atomic E-state index is 13.4. The topological polar surface area (TPSA) is 85.6 Å². The predicted octanol–water partition coefficient (Wildman–Crippen LogP) is 4.79. The van der Waals surface area contributed by atoms with E-state index in [-0.39, 0.29) is 22.9 Å². The normalized spacial score (nSPS) is 10.5. The van der Waals surface area contributed by atoms with Crippen molar-refractivity contribution in [1.29, 1.82) is 0 Å². The first-order valence-corrected chi connectivity index (χ1v) is 10.2. The number of benzene rings is 2. The van der Waals surface area contributed by atoms with E-state index in [0.717, 1.165) is 17.5 Å². The highest BCUT2D eigenvalue weighted by Gasteiger charge is 2.22. The highest BCUT2D eigenvalue weighted by molar-refractivity contribution is 5.95. The number of aromatic nitrogens is 1. The molecule has 3 rings (SSSR count). The van der Waals surface area contributed by atoms with Crippen LogP contribution >= 0.6 is 0 Å². The molecular formula is C24H25N3O4. The number of carbonyl (C=O) groups is 1. The minimum Gasteiger partial charge on any atom is -0.487 e. The van der Waals surface area contributed by atoms with E-state index >= 15 is 0 Å². The van der Waals surface area contributed by atoms with E-state index in [4.69, 9.17) is 4.74 Å². The average Bonchev–Trinajstić information content (AvgIpc) is 2.79. The van der Waals surface area contributed by atoms with Crippen molar-refractivity contribution < 1.29 is 14.5 Å². The molecule has 0 saturated heterocycles. The minimum atomic E-state index is -0.531. The van der Waals surface area contributed by atoms with Gasteiger partial charge in [0.2, 0.25) is 0 Å². The fraction of sp³-hybridized carbons (Fsp3) is 0.250. The van der Waals surface area contributed by atoms with Crippen LogP contribution in [0.2, 0.25) is 0 Å². The molecule has 7 heteroatoms. The predicted molar refractivity (Wildman–Crippen MR) is 118 cm³/mol. The molecule has 2 aromatic carbocycles. The Hall–Kier alpha value is -3.74. The van der Waals surface area contributed by atoms with Crippen molar-refractivity contribution in [3.63, 3.8) is 0 Å². The van der Waals surface area contributed by atoms with Crippen LogP contribution in [0.25, 0.3) is 0 Å². The van der Waals surface area contributed by atoms with Gasteiger partial charge in [0.25, 0.3) is 5.91 Å². The van der Waals surface area contributed by atoms with Crippen LogP contribution in [0.5, 0.6) is 5.75 Å². The average molecular weight is 419 g/mol. The van der Waals surface area contributed by atoms with Gasteiger partial charge in [-0.1, -0.05) is 37.3 Å². The standard InChI is InChI=1S/C24H25N3O4/c1-3-18-7-9-19(10-8-18)16-26(17-20-6-5-13-25-15-20)24(28)21-11-12-23(31-4-2)22(14-21)27(29)30/h5-15H,3-4,16-17H2,1-2H3. The van der Waals surface area contributed by atoms with Gasteiger partial charge in [0.15, 0.2) is 5.75 Å². The van der Waals surface area contributed by atoms with Crippen LogP contribution in [0.4, 0.5) is 5.69 Å². The van der Waals surface area contributed by atoms with Crippen molar-refractivity contribution in [2.75, 3.05) is 6.61 Å². The van der Waals surface area contributed by atoms with E-state index in [1.807, 2.05) is 36.4 Å². The Morgan fingerprint density at radius 3 is 2.35 bits per heavy atom. The number of hydrogen-bond donors (Lipinski definition) is 0.